The van der Waals surface area contributed by atoms with Crippen LogP contribution >= 0.6 is 31.8 Å². The summed E-state index contributed by atoms with van der Waals surface area (Å²) in [6.07, 6.45) is 2.05. The molecule has 2 aliphatic heterocycles. The van der Waals surface area contributed by atoms with Gasteiger partial charge < -0.3 is 18.7 Å². The first kappa shape index (κ1) is 22.7. The average molecular weight is 465 g/mol. The molecule has 9 heteroatoms. The lowest BCUT2D eigenvalue weighted by Gasteiger charge is -2.35. The quantitative estimate of drug-likeness (QED) is 0.496. The van der Waals surface area contributed by atoms with Crippen molar-refractivity contribution in [2.45, 2.75) is 6.04 Å². The smallest absolute Gasteiger partial charge is 0.377 e. The van der Waals surface area contributed by atoms with Crippen LogP contribution in [0.5, 0.6) is 5.75 Å². The summed E-state index contributed by atoms with van der Waals surface area (Å²) < 4.78 is 29.4. The molecule has 4 rings (SSSR count). The van der Waals surface area contributed by atoms with Gasteiger partial charge in [-0.2, -0.15) is 0 Å². The van der Waals surface area contributed by atoms with Gasteiger partial charge in [0, 0.05) is 25.2 Å². The zero-order valence-electron chi connectivity index (χ0n) is 16.7. The van der Waals surface area contributed by atoms with Crippen molar-refractivity contribution in [1.82, 2.24) is 4.90 Å². The average Bonchev–Trinajstić information content (AvgIpc) is 3.23. The number of fused-ring (bicyclic) bond motifs is 1. The third kappa shape index (κ3) is 3.96. The standard InChI is InChI=1S/C21H21N2O4PS.ClH/c1-25-19-12-8-7-11-16(19)18-13-17(15-9-5-4-6-10-15)22-21-23(18)20(14-29-21)28(24,26-2)27-3;/h4-14,18H,1-3H3;1H. The molecule has 158 valence electrons. The molecule has 0 aromatic heterocycles. The Bertz CT molecular complexity index is 1050. The van der Waals surface area contributed by atoms with Gasteiger partial charge in [0.1, 0.15) is 11.2 Å². The Hall–Kier alpha value is -2.02. The summed E-state index contributed by atoms with van der Waals surface area (Å²) in [4.78, 5) is 6.72. The number of amidine groups is 1. The summed E-state index contributed by atoms with van der Waals surface area (Å²) >= 11 is 1.40. The Morgan fingerprint density at radius 3 is 2.33 bits per heavy atom. The van der Waals surface area contributed by atoms with Gasteiger partial charge in [-0.15, -0.1) is 12.4 Å². The number of hydrogen-bond acceptors (Lipinski definition) is 7. The molecule has 0 aliphatic carbocycles. The van der Waals surface area contributed by atoms with Crippen molar-refractivity contribution in [3.8, 4) is 5.75 Å². The van der Waals surface area contributed by atoms with E-state index in [0.717, 1.165) is 22.6 Å². The zero-order valence-corrected chi connectivity index (χ0v) is 19.2. The minimum atomic E-state index is -3.48. The first-order chi connectivity index (χ1) is 14.1. The summed E-state index contributed by atoms with van der Waals surface area (Å²) in [5.74, 6) is 0.739. The molecule has 2 aromatic carbocycles. The van der Waals surface area contributed by atoms with Gasteiger partial charge in [0.15, 0.2) is 5.17 Å². The molecule has 0 bridgehead atoms. The molecule has 0 amide bonds. The Morgan fingerprint density at radius 1 is 1.00 bits per heavy atom. The second-order valence-electron chi connectivity index (χ2n) is 6.33. The van der Waals surface area contributed by atoms with Crippen LogP contribution in [0.15, 0.2) is 76.5 Å². The highest BCUT2D eigenvalue weighted by atomic mass is 35.5. The van der Waals surface area contributed by atoms with Crippen LogP contribution in [0.4, 0.5) is 0 Å². The third-order valence-corrected chi connectivity index (χ3v) is 7.70. The van der Waals surface area contributed by atoms with E-state index in [9.17, 15) is 4.57 Å². The number of thioether (sulfide) groups is 1. The van der Waals surface area contributed by atoms with Gasteiger partial charge in [-0.05, 0) is 17.7 Å². The van der Waals surface area contributed by atoms with Crippen LogP contribution in [0.2, 0.25) is 0 Å². The van der Waals surface area contributed by atoms with E-state index in [1.165, 1.54) is 26.0 Å². The molecular weight excluding hydrogens is 443 g/mol. The van der Waals surface area contributed by atoms with Gasteiger partial charge in [-0.25, -0.2) is 4.99 Å². The number of benzene rings is 2. The second kappa shape index (κ2) is 9.41. The molecule has 0 radical (unpaired) electrons. The summed E-state index contributed by atoms with van der Waals surface area (Å²) in [7, 11) is 0.940. The maximum absolute atomic E-state index is 13.2. The molecule has 0 saturated carbocycles. The fourth-order valence-corrected chi connectivity index (χ4v) is 5.94. The molecule has 0 fully saturated rings. The highest BCUT2D eigenvalue weighted by Crippen LogP contribution is 2.62. The van der Waals surface area contributed by atoms with E-state index in [-0.39, 0.29) is 18.4 Å². The fraction of sp³-hybridized carbons (Fsp3) is 0.190. The lowest BCUT2D eigenvalue weighted by atomic mass is 10.00. The van der Waals surface area contributed by atoms with Gasteiger partial charge >= 0.3 is 7.60 Å². The topological polar surface area (TPSA) is 60.4 Å². The zero-order chi connectivity index (χ0) is 20.4. The number of aliphatic imine (C=N–C) groups is 1. The van der Waals surface area contributed by atoms with E-state index in [1.807, 2.05) is 65.6 Å². The summed E-state index contributed by atoms with van der Waals surface area (Å²) in [6, 6.07) is 17.5. The first-order valence-corrected chi connectivity index (χ1v) is 11.4. The third-order valence-electron chi connectivity index (χ3n) is 4.82. The number of rotatable bonds is 6. The van der Waals surface area contributed by atoms with E-state index in [4.69, 9.17) is 18.8 Å². The SMILES string of the molecule is COc1ccccc1C1C=C(c2ccccc2)N=C2SC=C(P(=O)(OC)OC)N21.Cl. The molecule has 0 saturated heterocycles. The van der Waals surface area contributed by atoms with E-state index in [0.29, 0.717) is 10.6 Å². The lowest BCUT2D eigenvalue weighted by Crippen LogP contribution is -2.31. The molecule has 1 unspecified atom stereocenters. The lowest BCUT2D eigenvalue weighted by molar-refractivity contribution is 0.271. The molecule has 2 heterocycles. The van der Waals surface area contributed by atoms with E-state index < -0.39 is 7.60 Å². The van der Waals surface area contributed by atoms with Crippen molar-refractivity contribution < 1.29 is 18.3 Å². The largest absolute Gasteiger partial charge is 0.496 e. The molecule has 30 heavy (non-hydrogen) atoms. The van der Waals surface area contributed by atoms with Crippen molar-refractivity contribution in [1.29, 1.82) is 0 Å². The van der Waals surface area contributed by atoms with Crippen molar-refractivity contribution in [3.63, 3.8) is 0 Å². The second-order valence-corrected chi connectivity index (χ2v) is 9.35. The van der Waals surface area contributed by atoms with Crippen LogP contribution in [-0.4, -0.2) is 31.4 Å². The molecule has 1 atom stereocenters. The Kier molecular flexibility index (Phi) is 7.11. The molecular formula is C21H22ClN2O4PS. The Balaban J connectivity index is 0.00000256. The van der Waals surface area contributed by atoms with Gasteiger partial charge in [0.05, 0.1) is 18.8 Å². The number of methoxy groups -OCH3 is 1. The molecule has 2 aromatic rings. The van der Waals surface area contributed by atoms with Gasteiger partial charge in [0.2, 0.25) is 0 Å². The van der Waals surface area contributed by atoms with Crippen LogP contribution in [-0.2, 0) is 13.6 Å². The van der Waals surface area contributed by atoms with Crippen LogP contribution in [0.3, 0.4) is 0 Å². The number of nitrogens with zero attached hydrogens (tertiary/aromatic N) is 2. The van der Waals surface area contributed by atoms with Crippen LogP contribution in [0, 0.1) is 0 Å². The number of ether oxygens (including phenoxy) is 1. The van der Waals surface area contributed by atoms with Gasteiger partial charge in [-0.3, -0.25) is 4.57 Å². The van der Waals surface area contributed by atoms with Crippen molar-refractivity contribution in [3.05, 3.63) is 82.6 Å². The Morgan fingerprint density at radius 2 is 1.67 bits per heavy atom. The van der Waals surface area contributed by atoms with Crippen LogP contribution < -0.4 is 4.74 Å². The number of halogens is 1. The molecule has 6 nitrogen and oxygen atoms in total. The monoisotopic (exact) mass is 464 g/mol. The van der Waals surface area contributed by atoms with Crippen LogP contribution in [0.25, 0.3) is 5.70 Å². The predicted octanol–water partition coefficient (Wildman–Crippen LogP) is 5.90. The van der Waals surface area contributed by atoms with Crippen LogP contribution in [0.1, 0.15) is 17.2 Å². The molecule has 2 aliphatic rings. The summed E-state index contributed by atoms with van der Waals surface area (Å²) in [5.41, 5.74) is 3.25. The summed E-state index contributed by atoms with van der Waals surface area (Å²) in [6.45, 7) is 0. The predicted molar refractivity (Wildman–Crippen MR) is 124 cm³/mol. The number of para-hydroxylation sites is 1. The first-order valence-electron chi connectivity index (χ1n) is 8.98. The minimum Gasteiger partial charge on any atom is -0.496 e. The van der Waals surface area contributed by atoms with E-state index in [2.05, 4.69) is 0 Å². The highest BCUT2D eigenvalue weighted by Gasteiger charge is 2.43. The molecule has 0 N–H and O–H groups in total. The van der Waals surface area contributed by atoms with Gasteiger partial charge in [0.25, 0.3) is 0 Å². The normalized spacial score (nSPS) is 18.0. The highest BCUT2D eigenvalue weighted by molar-refractivity contribution is 8.16. The van der Waals surface area contributed by atoms with Gasteiger partial charge in [-0.1, -0.05) is 60.3 Å². The van der Waals surface area contributed by atoms with E-state index >= 15 is 0 Å². The minimum absolute atomic E-state index is 0. The van der Waals surface area contributed by atoms with Crippen molar-refractivity contribution >= 4 is 42.6 Å². The maximum Gasteiger partial charge on any atom is 0.377 e. The Labute approximate surface area is 186 Å². The van der Waals surface area contributed by atoms with E-state index in [1.54, 1.807) is 12.5 Å². The van der Waals surface area contributed by atoms with Crippen molar-refractivity contribution in [2.24, 2.45) is 4.99 Å². The fourth-order valence-electron chi connectivity index (χ4n) is 3.39. The summed E-state index contributed by atoms with van der Waals surface area (Å²) in [5, 5.41) is 2.50. The van der Waals surface area contributed by atoms with Crippen molar-refractivity contribution in [2.75, 3.05) is 21.3 Å². The maximum atomic E-state index is 13.2. The number of hydrogen-bond donors (Lipinski definition) is 0. The molecule has 0 spiro atoms.